The number of likely N-dealkylation sites (N-methyl/N-ethyl adjacent to an activating group) is 1. The molecule has 0 aromatic rings. The van der Waals surface area contributed by atoms with Crippen molar-refractivity contribution in [2.24, 2.45) is 10.7 Å². The molecule has 0 spiro atoms. The molecule has 0 aromatic heterocycles. The second kappa shape index (κ2) is 10.5. The third kappa shape index (κ3) is 5.60. The lowest BCUT2D eigenvalue weighted by molar-refractivity contribution is -0.0104. The summed E-state index contributed by atoms with van der Waals surface area (Å²) in [4.78, 5) is 9.85. The van der Waals surface area contributed by atoms with Gasteiger partial charge in [-0.25, -0.2) is 0 Å². The van der Waals surface area contributed by atoms with E-state index in [1.54, 1.807) is 0 Å². The minimum Gasteiger partial charge on any atom is -0.379 e. The van der Waals surface area contributed by atoms with Crippen molar-refractivity contribution in [3.63, 3.8) is 0 Å². The second-order valence-electron chi connectivity index (χ2n) is 7.13. The van der Waals surface area contributed by atoms with E-state index in [2.05, 4.69) is 22.0 Å². The average Bonchev–Trinajstić information content (AvgIpc) is 3.28. The molecule has 3 aliphatic heterocycles. The molecule has 0 saturated carbocycles. The molecule has 8 heteroatoms. The Labute approximate surface area is 173 Å². The van der Waals surface area contributed by atoms with Crippen molar-refractivity contribution >= 4 is 41.7 Å². The monoisotopic (exact) mass is 483 g/mol. The number of aliphatic imine (C=N–C) groups is 1. The van der Waals surface area contributed by atoms with Crippen LogP contribution in [0.4, 0.5) is 0 Å². The van der Waals surface area contributed by atoms with Gasteiger partial charge in [0.25, 0.3) is 0 Å². The number of likely N-dealkylation sites (tertiary alicyclic amines) is 1. The molecular weight excluding hydrogens is 449 g/mol. The molecular formula is C17H34IN5OS. The predicted molar refractivity (Wildman–Crippen MR) is 117 cm³/mol. The zero-order valence-corrected chi connectivity index (χ0v) is 18.6. The van der Waals surface area contributed by atoms with E-state index in [9.17, 15) is 0 Å². The first-order valence-corrected chi connectivity index (χ1v) is 10.6. The summed E-state index contributed by atoms with van der Waals surface area (Å²) in [5, 5.41) is 3.37. The molecule has 0 bridgehead atoms. The molecule has 0 aromatic carbocycles. The summed E-state index contributed by atoms with van der Waals surface area (Å²) < 4.78 is 5.52. The molecule has 3 fully saturated rings. The number of guanidine groups is 1. The first-order chi connectivity index (χ1) is 11.7. The zero-order chi connectivity index (χ0) is 16.8. The molecule has 3 saturated heterocycles. The van der Waals surface area contributed by atoms with Gasteiger partial charge in [0, 0.05) is 31.4 Å². The van der Waals surface area contributed by atoms with Crippen molar-refractivity contribution in [3.8, 4) is 0 Å². The highest BCUT2D eigenvalue weighted by molar-refractivity contribution is 14.0. The third-order valence-electron chi connectivity index (χ3n) is 5.73. The lowest BCUT2D eigenvalue weighted by atomic mass is 9.96. The maximum Gasteiger partial charge on any atom is 0.188 e. The van der Waals surface area contributed by atoms with Gasteiger partial charge in [0.1, 0.15) is 0 Å². The van der Waals surface area contributed by atoms with Gasteiger partial charge in [0.15, 0.2) is 5.96 Å². The first-order valence-electron chi connectivity index (χ1n) is 9.42. The summed E-state index contributed by atoms with van der Waals surface area (Å²) in [6.45, 7) is 10.0. The van der Waals surface area contributed by atoms with Crippen LogP contribution in [0.5, 0.6) is 0 Å². The van der Waals surface area contributed by atoms with E-state index in [0.717, 1.165) is 51.7 Å². The van der Waals surface area contributed by atoms with E-state index < -0.39 is 0 Å². The molecule has 0 amide bonds. The van der Waals surface area contributed by atoms with Crippen LogP contribution >= 0.6 is 35.7 Å². The molecule has 3 heterocycles. The summed E-state index contributed by atoms with van der Waals surface area (Å²) in [7, 11) is 0. The maximum atomic E-state index is 6.18. The van der Waals surface area contributed by atoms with Crippen molar-refractivity contribution in [3.05, 3.63) is 0 Å². The highest BCUT2D eigenvalue weighted by Crippen LogP contribution is 2.34. The van der Waals surface area contributed by atoms with Crippen molar-refractivity contribution in [2.75, 3.05) is 64.0 Å². The molecule has 0 aliphatic carbocycles. The smallest absolute Gasteiger partial charge is 0.188 e. The normalized spacial score (nSPS) is 31.9. The predicted octanol–water partition coefficient (Wildman–Crippen LogP) is 1.20. The Balaban J connectivity index is 0.00000225. The van der Waals surface area contributed by atoms with Crippen molar-refractivity contribution in [1.29, 1.82) is 0 Å². The fourth-order valence-electron chi connectivity index (χ4n) is 4.16. The number of halogens is 1. The minimum atomic E-state index is 0. The van der Waals surface area contributed by atoms with Crippen LogP contribution in [-0.4, -0.2) is 91.3 Å². The van der Waals surface area contributed by atoms with Crippen LogP contribution in [0.1, 0.15) is 26.2 Å². The summed E-state index contributed by atoms with van der Waals surface area (Å²) in [5.41, 5.74) is 6.36. The fourth-order valence-corrected chi connectivity index (χ4v) is 5.63. The lowest BCUT2D eigenvalue weighted by Crippen LogP contribution is -2.56. The van der Waals surface area contributed by atoms with Gasteiger partial charge in [0.2, 0.25) is 0 Å². The number of thioether (sulfide) groups is 1. The minimum absolute atomic E-state index is 0. The van der Waals surface area contributed by atoms with Gasteiger partial charge in [-0.2, -0.15) is 11.8 Å². The molecule has 6 nitrogen and oxygen atoms in total. The van der Waals surface area contributed by atoms with E-state index in [4.69, 9.17) is 15.5 Å². The molecule has 3 aliphatic rings. The number of morpholine rings is 1. The number of ether oxygens (including phenoxy) is 1. The number of nitrogens with one attached hydrogen (secondary N) is 1. The quantitative estimate of drug-likeness (QED) is 0.336. The van der Waals surface area contributed by atoms with E-state index in [0.29, 0.717) is 12.0 Å². The van der Waals surface area contributed by atoms with Crippen LogP contribution in [-0.2, 0) is 4.74 Å². The first kappa shape index (κ1) is 21.5. The lowest BCUT2D eigenvalue weighted by Gasteiger charge is -2.42. The SMILES string of the molecule is CCN1CCCC1CNC(N)=NCC1(N2CCOCC2)CCSC1.I. The summed E-state index contributed by atoms with van der Waals surface area (Å²) in [5.74, 6) is 3.01. The van der Waals surface area contributed by atoms with Gasteiger partial charge in [-0.05, 0) is 38.1 Å². The number of hydrogen-bond acceptors (Lipinski definition) is 5. The highest BCUT2D eigenvalue weighted by atomic mass is 127. The fraction of sp³-hybridized carbons (Fsp3) is 0.941. The maximum absolute atomic E-state index is 6.18. The molecule has 25 heavy (non-hydrogen) atoms. The number of hydrogen-bond donors (Lipinski definition) is 2. The largest absolute Gasteiger partial charge is 0.379 e. The Kier molecular flexibility index (Phi) is 9.07. The number of rotatable bonds is 6. The molecule has 3 rings (SSSR count). The van der Waals surface area contributed by atoms with Gasteiger partial charge in [-0.15, -0.1) is 24.0 Å². The van der Waals surface area contributed by atoms with E-state index >= 15 is 0 Å². The Morgan fingerprint density at radius 2 is 2.16 bits per heavy atom. The van der Waals surface area contributed by atoms with Crippen LogP contribution in [0.15, 0.2) is 4.99 Å². The topological polar surface area (TPSA) is 66.1 Å². The summed E-state index contributed by atoms with van der Waals surface area (Å²) >= 11 is 2.04. The van der Waals surface area contributed by atoms with Gasteiger partial charge in [-0.1, -0.05) is 6.92 Å². The summed E-state index contributed by atoms with van der Waals surface area (Å²) in [6, 6.07) is 0.610. The average molecular weight is 483 g/mol. The molecule has 3 N–H and O–H groups in total. The number of nitrogens with two attached hydrogens (primary N) is 1. The van der Waals surface area contributed by atoms with Gasteiger partial charge < -0.3 is 15.8 Å². The molecule has 0 radical (unpaired) electrons. The van der Waals surface area contributed by atoms with Gasteiger partial charge in [-0.3, -0.25) is 14.8 Å². The highest BCUT2D eigenvalue weighted by Gasteiger charge is 2.40. The zero-order valence-electron chi connectivity index (χ0n) is 15.4. The molecule has 146 valence electrons. The van der Waals surface area contributed by atoms with Crippen LogP contribution in [0.2, 0.25) is 0 Å². The van der Waals surface area contributed by atoms with Crippen molar-refractivity contribution in [2.45, 2.75) is 37.8 Å². The van der Waals surface area contributed by atoms with Crippen molar-refractivity contribution in [1.82, 2.24) is 15.1 Å². The van der Waals surface area contributed by atoms with Crippen LogP contribution in [0.25, 0.3) is 0 Å². The van der Waals surface area contributed by atoms with Crippen LogP contribution in [0, 0.1) is 0 Å². The molecule has 2 unspecified atom stereocenters. The van der Waals surface area contributed by atoms with Crippen molar-refractivity contribution < 1.29 is 4.74 Å². The second-order valence-corrected chi connectivity index (χ2v) is 8.24. The number of nitrogens with zero attached hydrogens (tertiary/aromatic N) is 3. The van der Waals surface area contributed by atoms with Gasteiger partial charge >= 0.3 is 0 Å². The van der Waals surface area contributed by atoms with Gasteiger partial charge in [0.05, 0.1) is 25.3 Å². The molecule has 2 atom stereocenters. The Morgan fingerprint density at radius 3 is 2.84 bits per heavy atom. The Bertz CT molecular complexity index is 427. The van der Waals surface area contributed by atoms with Crippen LogP contribution < -0.4 is 11.1 Å². The third-order valence-corrected chi connectivity index (χ3v) is 6.97. The Hall–Kier alpha value is 0.230. The van der Waals surface area contributed by atoms with Crippen LogP contribution in [0.3, 0.4) is 0 Å². The van der Waals surface area contributed by atoms with E-state index in [-0.39, 0.29) is 29.5 Å². The van der Waals surface area contributed by atoms with E-state index in [1.807, 2.05) is 11.8 Å². The Morgan fingerprint density at radius 1 is 1.36 bits per heavy atom. The van der Waals surface area contributed by atoms with E-state index in [1.165, 1.54) is 31.6 Å². The summed E-state index contributed by atoms with van der Waals surface area (Å²) in [6.07, 6.45) is 3.78. The standard InChI is InChI=1S/C17H33N5OS.HI/c1-2-21-6-3-4-15(21)12-19-16(18)20-13-17(5-11-24-14-17)22-7-9-23-10-8-22;/h15H,2-14H2,1H3,(H3,18,19,20);1H.